The van der Waals surface area contributed by atoms with Crippen LogP contribution in [-0.2, 0) is 0 Å². The monoisotopic (exact) mass is 227 g/mol. The molecule has 5 heteroatoms. The van der Waals surface area contributed by atoms with Crippen molar-refractivity contribution in [3.8, 4) is 6.07 Å². The topological polar surface area (TPSA) is 66.5 Å². The van der Waals surface area contributed by atoms with Gasteiger partial charge in [0.05, 0.1) is 30.1 Å². The Hall–Kier alpha value is -2.35. The van der Waals surface area contributed by atoms with Crippen molar-refractivity contribution in [3.63, 3.8) is 0 Å². The second-order valence-electron chi connectivity index (χ2n) is 3.59. The molecule has 0 fully saturated rings. The van der Waals surface area contributed by atoms with Gasteiger partial charge in [0.2, 0.25) is 0 Å². The van der Waals surface area contributed by atoms with E-state index in [1.807, 2.05) is 31.4 Å². The van der Waals surface area contributed by atoms with E-state index in [2.05, 4.69) is 21.5 Å². The van der Waals surface area contributed by atoms with E-state index in [1.54, 1.807) is 17.1 Å². The van der Waals surface area contributed by atoms with Crippen molar-refractivity contribution in [3.05, 3.63) is 42.5 Å². The molecule has 86 valence electrons. The Kier molecular flexibility index (Phi) is 3.36. The molecule has 0 saturated heterocycles. The second kappa shape index (κ2) is 5.12. The van der Waals surface area contributed by atoms with E-state index >= 15 is 0 Å². The highest BCUT2D eigenvalue weighted by Gasteiger charge is 2.15. The third kappa shape index (κ3) is 2.42. The van der Waals surface area contributed by atoms with Gasteiger partial charge in [0.15, 0.2) is 0 Å². The van der Waals surface area contributed by atoms with Crippen molar-refractivity contribution in [2.75, 3.05) is 12.4 Å². The van der Waals surface area contributed by atoms with Crippen LogP contribution >= 0.6 is 0 Å². The Morgan fingerprint density at radius 1 is 1.53 bits per heavy atom. The summed E-state index contributed by atoms with van der Waals surface area (Å²) in [5.41, 5.74) is 1.77. The zero-order chi connectivity index (χ0) is 12.1. The van der Waals surface area contributed by atoms with E-state index < -0.39 is 0 Å². The molecule has 0 amide bonds. The minimum Gasteiger partial charge on any atom is -0.386 e. The molecular weight excluding hydrogens is 214 g/mol. The number of anilines is 1. The summed E-state index contributed by atoms with van der Waals surface area (Å²) in [6.07, 6.45) is 5.67. The molecule has 0 aliphatic heterocycles. The maximum atomic E-state index is 8.89. The highest BCUT2D eigenvalue weighted by molar-refractivity contribution is 5.37. The first-order chi connectivity index (χ1) is 8.35. The standard InChI is InChI=1S/C12H13N5/c1-14-10-8-16-17(9-10)12(5-6-13)11-4-2-3-7-15-11/h2-4,7-9,12,14H,5H2,1H3. The minimum atomic E-state index is -0.136. The molecule has 1 atom stereocenters. The largest absolute Gasteiger partial charge is 0.386 e. The molecule has 0 bridgehead atoms. The Bertz CT molecular complexity index is 511. The predicted molar refractivity (Wildman–Crippen MR) is 64.4 cm³/mol. The van der Waals surface area contributed by atoms with Gasteiger partial charge in [-0.3, -0.25) is 9.67 Å². The van der Waals surface area contributed by atoms with Gasteiger partial charge < -0.3 is 5.32 Å². The van der Waals surface area contributed by atoms with Crippen molar-refractivity contribution < 1.29 is 0 Å². The summed E-state index contributed by atoms with van der Waals surface area (Å²) in [7, 11) is 1.83. The summed E-state index contributed by atoms with van der Waals surface area (Å²) in [4.78, 5) is 4.28. The minimum absolute atomic E-state index is 0.136. The molecule has 0 spiro atoms. The Morgan fingerprint density at radius 2 is 2.41 bits per heavy atom. The summed E-state index contributed by atoms with van der Waals surface area (Å²) in [6.45, 7) is 0. The van der Waals surface area contributed by atoms with Gasteiger partial charge in [-0.1, -0.05) is 6.07 Å². The lowest BCUT2D eigenvalue weighted by atomic mass is 10.1. The summed E-state index contributed by atoms with van der Waals surface area (Å²) in [5.74, 6) is 0. The number of nitriles is 1. The lowest BCUT2D eigenvalue weighted by Crippen LogP contribution is -2.12. The van der Waals surface area contributed by atoms with Crippen LogP contribution in [0.1, 0.15) is 18.2 Å². The van der Waals surface area contributed by atoms with Crippen LogP contribution in [0.4, 0.5) is 5.69 Å². The maximum Gasteiger partial charge on any atom is 0.107 e. The van der Waals surface area contributed by atoms with E-state index in [1.165, 1.54) is 0 Å². The lowest BCUT2D eigenvalue weighted by Gasteiger charge is -2.13. The number of hydrogen-bond donors (Lipinski definition) is 1. The van der Waals surface area contributed by atoms with E-state index in [9.17, 15) is 0 Å². The van der Waals surface area contributed by atoms with E-state index in [-0.39, 0.29) is 6.04 Å². The van der Waals surface area contributed by atoms with Crippen LogP contribution in [0.5, 0.6) is 0 Å². The molecule has 5 nitrogen and oxygen atoms in total. The molecule has 0 radical (unpaired) electrons. The highest BCUT2D eigenvalue weighted by Crippen LogP contribution is 2.20. The third-order valence-corrected chi connectivity index (χ3v) is 2.52. The summed E-state index contributed by atoms with van der Waals surface area (Å²) in [6, 6.07) is 7.71. The van der Waals surface area contributed by atoms with Gasteiger partial charge in [0, 0.05) is 19.4 Å². The van der Waals surface area contributed by atoms with Crippen molar-refractivity contribution in [1.29, 1.82) is 5.26 Å². The highest BCUT2D eigenvalue weighted by atomic mass is 15.3. The first-order valence-electron chi connectivity index (χ1n) is 5.35. The zero-order valence-corrected chi connectivity index (χ0v) is 9.54. The summed E-state index contributed by atoms with van der Waals surface area (Å²) < 4.78 is 1.76. The molecule has 0 aliphatic carbocycles. The van der Waals surface area contributed by atoms with Gasteiger partial charge in [0.1, 0.15) is 6.04 Å². The number of pyridine rings is 1. The van der Waals surface area contributed by atoms with Crippen LogP contribution < -0.4 is 5.32 Å². The SMILES string of the molecule is CNc1cnn(C(CC#N)c2ccccn2)c1. The van der Waals surface area contributed by atoms with E-state index in [0.29, 0.717) is 6.42 Å². The quantitative estimate of drug-likeness (QED) is 0.865. The number of hydrogen-bond acceptors (Lipinski definition) is 4. The van der Waals surface area contributed by atoms with Crippen molar-refractivity contribution in [2.45, 2.75) is 12.5 Å². The fraction of sp³-hybridized carbons (Fsp3) is 0.250. The van der Waals surface area contributed by atoms with Crippen LogP contribution in [-0.4, -0.2) is 21.8 Å². The number of aromatic nitrogens is 3. The molecule has 0 saturated carbocycles. The number of rotatable bonds is 4. The van der Waals surface area contributed by atoms with E-state index in [4.69, 9.17) is 5.26 Å². The van der Waals surface area contributed by atoms with E-state index in [0.717, 1.165) is 11.4 Å². The molecule has 1 unspecified atom stereocenters. The van der Waals surface area contributed by atoms with Gasteiger partial charge in [-0.25, -0.2) is 0 Å². The van der Waals surface area contributed by atoms with Crippen LogP contribution in [0, 0.1) is 11.3 Å². The van der Waals surface area contributed by atoms with Gasteiger partial charge >= 0.3 is 0 Å². The van der Waals surface area contributed by atoms with Crippen LogP contribution in [0.2, 0.25) is 0 Å². The lowest BCUT2D eigenvalue weighted by molar-refractivity contribution is 0.520. The molecular formula is C12H13N5. The molecule has 2 heterocycles. The smallest absolute Gasteiger partial charge is 0.107 e. The van der Waals surface area contributed by atoms with Crippen LogP contribution in [0.25, 0.3) is 0 Å². The van der Waals surface area contributed by atoms with Gasteiger partial charge in [-0.05, 0) is 12.1 Å². The predicted octanol–water partition coefficient (Wildman–Crippen LogP) is 1.82. The van der Waals surface area contributed by atoms with Gasteiger partial charge in [-0.2, -0.15) is 10.4 Å². The Labute approximate surface area is 99.7 Å². The average Bonchev–Trinajstić information content (AvgIpc) is 2.85. The Balaban J connectivity index is 2.33. The molecule has 17 heavy (non-hydrogen) atoms. The second-order valence-corrected chi connectivity index (χ2v) is 3.59. The molecule has 1 N–H and O–H groups in total. The molecule has 2 rings (SSSR count). The van der Waals surface area contributed by atoms with Gasteiger partial charge in [0.25, 0.3) is 0 Å². The molecule has 0 aliphatic rings. The first-order valence-corrected chi connectivity index (χ1v) is 5.35. The first kappa shape index (κ1) is 11.1. The molecule has 2 aromatic rings. The zero-order valence-electron chi connectivity index (χ0n) is 9.54. The fourth-order valence-corrected chi connectivity index (χ4v) is 1.63. The maximum absolute atomic E-state index is 8.89. The van der Waals surface area contributed by atoms with Crippen LogP contribution in [0.3, 0.4) is 0 Å². The van der Waals surface area contributed by atoms with Crippen molar-refractivity contribution >= 4 is 5.69 Å². The number of nitrogens with one attached hydrogen (secondary N) is 1. The molecule has 2 aromatic heterocycles. The van der Waals surface area contributed by atoms with Gasteiger partial charge in [-0.15, -0.1) is 0 Å². The Morgan fingerprint density at radius 3 is 3.00 bits per heavy atom. The van der Waals surface area contributed by atoms with Crippen molar-refractivity contribution in [1.82, 2.24) is 14.8 Å². The average molecular weight is 227 g/mol. The number of nitrogens with zero attached hydrogens (tertiary/aromatic N) is 4. The third-order valence-electron chi connectivity index (χ3n) is 2.52. The normalized spacial score (nSPS) is 11.8. The molecule has 0 aromatic carbocycles. The fourth-order valence-electron chi connectivity index (χ4n) is 1.63. The summed E-state index contributed by atoms with van der Waals surface area (Å²) >= 11 is 0. The summed E-state index contributed by atoms with van der Waals surface area (Å²) in [5, 5.41) is 16.1. The van der Waals surface area contributed by atoms with Crippen LogP contribution in [0.15, 0.2) is 36.8 Å². The van der Waals surface area contributed by atoms with Crippen molar-refractivity contribution in [2.24, 2.45) is 0 Å².